The molecule has 2 aromatic rings. The summed E-state index contributed by atoms with van der Waals surface area (Å²) in [6.07, 6.45) is 2.18. The Hall–Kier alpha value is -2.64. The molecule has 1 aliphatic carbocycles. The van der Waals surface area contributed by atoms with Gasteiger partial charge in [-0.3, -0.25) is 15.0 Å². The molecule has 130 valence electrons. The molecule has 0 radical (unpaired) electrons. The maximum Gasteiger partial charge on any atom is 0.301 e. The van der Waals surface area contributed by atoms with Crippen molar-refractivity contribution in [2.75, 3.05) is 0 Å². The molecule has 2 amide bonds. The first-order valence-corrected chi connectivity index (χ1v) is 8.15. The summed E-state index contributed by atoms with van der Waals surface area (Å²) in [5.74, 6) is 5.13. The standard InChI is InChI=1S/C17H17ClN4O3/c1-9-14-12(7-4-8-13(14)25-15(9)17(24)20-19)21-22-16(23)10-5-2-3-6-11(10)18/h2-3,5-6H,4,7-8,19H2,1H3,(H,20,24)(H,22,23)/b21-12+. The van der Waals surface area contributed by atoms with Gasteiger partial charge in [0.05, 0.1) is 16.3 Å². The molecule has 0 bridgehead atoms. The van der Waals surface area contributed by atoms with E-state index in [1.54, 1.807) is 31.2 Å². The smallest absolute Gasteiger partial charge is 0.301 e. The topological polar surface area (TPSA) is 110 Å². The monoisotopic (exact) mass is 360 g/mol. The first-order chi connectivity index (χ1) is 12.0. The van der Waals surface area contributed by atoms with Crippen molar-refractivity contribution in [2.45, 2.75) is 26.2 Å². The van der Waals surface area contributed by atoms with Crippen molar-refractivity contribution in [1.29, 1.82) is 0 Å². The number of nitrogen functional groups attached to an aromatic ring is 1. The summed E-state index contributed by atoms with van der Waals surface area (Å²) < 4.78 is 5.62. The van der Waals surface area contributed by atoms with Gasteiger partial charge in [0, 0.05) is 17.5 Å². The van der Waals surface area contributed by atoms with Crippen LogP contribution in [0.15, 0.2) is 33.8 Å². The summed E-state index contributed by atoms with van der Waals surface area (Å²) in [7, 11) is 0. The molecule has 0 atom stereocenters. The number of amides is 2. The van der Waals surface area contributed by atoms with E-state index in [1.165, 1.54) is 0 Å². The molecule has 1 aromatic carbocycles. The maximum atomic E-state index is 12.3. The largest absolute Gasteiger partial charge is 0.455 e. The number of fused-ring (bicyclic) bond motifs is 1. The van der Waals surface area contributed by atoms with Crippen LogP contribution in [0.5, 0.6) is 0 Å². The van der Waals surface area contributed by atoms with E-state index in [4.69, 9.17) is 21.9 Å². The Balaban J connectivity index is 1.89. The number of nitrogens with two attached hydrogens (primary N) is 1. The summed E-state index contributed by atoms with van der Waals surface area (Å²) in [6.45, 7) is 1.77. The van der Waals surface area contributed by atoms with Gasteiger partial charge in [0.15, 0.2) is 5.76 Å². The van der Waals surface area contributed by atoms with Crippen LogP contribution in [-0.2, 0) is 6.42 Å². The Morgan fingerprint density at radius 2 is 2.00 bits per heavy atom. The van der Waals surface area contributed by atoms with E-state index in [0.29, 0.717) is 40.5 Å². The van der Waals surface area contributed by atoms with Crippen molar-refractivity contribution in [3.05, 3.63) is 57.5 Å². The first kappa shape index (κ1) is 17.2. The SMILES string of the molecule is Cc1c(C(=O)NN)oc2c1/C(=N/NC(=O)c1ccccc1Cl)CCC2. The number of carbonyl (C=O) groups is 2. The highest BCUT2D eigenvalue weighted by molar-refractivity contribution is 6.33. The zero-order valence-corrected chi connectivity index (χ0v) is 14.3. The fourth-order valence-electron chi connectivity index (χ4n) is 2.89. The number of hydrazine groups is 1. The molecule has 0 saturated carbocycles. The molecule has 0 unspecified atom stereocenters. The van der Waals surface area contributed by atoms with Crippen molar-refractivity contribution < 1.29 is 14.0 Å². The summed E-state index contributed by atoms with van der Waals surface area (Å²) in [5, 5.41) is 4.59. The van der Waals surface area contributed by atoms with Gasteiger partial charge in [-0.15, -0.1) is 0 Å². The van der Waals surface area contributed by atoms with Gasteiger partial charge in [0.1, 0.15) is 5.76 Å². The lowest BCUT2D eigenvalue weighted by molar-refractivity contribution is 0.0921. The van der Waals surface area contributed by atoms with Crippen LogP contribution in [0.2, 0.25) is 5.02 Å². The fraction of sp³-hybridized carbons (Fsp3) is 0.235. The van der Waals surface area contributed by atoms with Crippen LogP contribution in [0.3, 0.4) is 0 Å². The molecule has 7 nitrogen and oxygen atoms in total. The van der Waals surface area contributed by atoms with Crippen molar-refractivity contribution in [1.82, 2.24) is 10.9 Å². The van der Waals surface area contributed by atoms with Gasteiger partial charge in [-0.05, 0) is 31.9 Å². The molecule has 3 rings (SSSR count). The molecule has 1 heterocycles. The van der Waals surface area contributed by atoms with Gasteiger partial charge in [-0.25, -0.2) is 11.3 Å². The van der Waals surface area contributed by atoms with E-state index < -0.39 is 11.8 Å². The number of benzene rings is 1. The van der Waals surface area contributed by atoms with Gasteiger partial charge in [0.2, 0.25) is 0 Å². The minimum absolute atomic E-state index is 0.166. The van der Waals surface area contributed by atoms with E-state index in [0.717, 1.165) is 12.0 Å². The van der Waals surface area contributed by atoms with E-state index in [2.05, 4.69) is 16.0 Å². The van der Waals surface area contributed by atoms with Crippen molar-refractivity contribution in [2.24, 2.45) is 10.9 Å². The van der Waals surface area contributed by atoms with E-state index in [1.807, 2.05) is 0 Å². The molecule has 0 aliphatic heterocycles. The second-order valence-corrected chi connectivity index (χ2v) is 6.07. The van der Waals surface area contributed by atoms with Gasteiger partial charge in [-0.1, -0.05) is 23.7 Å². The Kier molecular flexibility index (Phi) is 4.87. The fourth-order valence-corrected chi connectivity index (χ4v) is 3.11. The number of nitrogens with zero attached hydrogens (tertiary/aromatic N) is 1. The summed E-state index contributed by atoms with van der Waals surface area (Å²) in [4.78, 5) is 24.1. The van der Waals surface area contributed by atoms with Crippen molar-refractivity contribution in [3.8, 4) is 0 Å². The lowest BCUT2D eigenvalue weighted by Crippen LogP contribution is -2.30. The number of hydrazone groups is 1. The number of halogens is 1. The number of furan rings is 1. The lowest BCUT2D eigenvalue weighted by atomic mass is 9.93. The highest BCUT2D eigenvalue weighted by Gasteiger charge is 2.27. The van der Waals surface area contributed by atoms with Crippen molar-refractivity contribution >= 4 is 29.1 Å². The van der Waals surface area contributed by atoms with Crippen LogP contribution in [-0.4, -0.2) is 17.5 Å². The third kappa shape index (κ3) is 3.29. The minimum atomic E-state index is -0.494. The van der Waals surface area contributed by atoms with Crippen molar-refractivity contribution in [3.63, 3.8) is 0 Å². The van der Waals surface area contributed by atoms with E-state index >= 15 is 0 Å². The van der Waals surface area contributed by atoms with Gasteiger partial charge >= 0.3 is 5.91 Å². The summed E-state index contributed by atoms with van der Waals surface area (Å²) in [6, 6.07) is 6.74. The Labute approximate surface area is 149 Å². The molecule has 8 heteroatoms. The molecule has 0 fully saturated rings. The Bertz CT molecular complexity index is 873. The number of aryl methyl sites for hydroxylation is 1. The zero-order chi connectivity index (χ0) is 18.0. The van der Waals surface area contributed by atoms with E-state index in [-0.39, 0.29) is 5.76 Å². The third-order valence-electron chi connectivity index (χ3n) is 4.07. The van der Waals surface area contributed by atoms with Crippen LogP contribution in [0.4, 0.5) is 0 Å². The zero-order valence-electron chi connectivity index (χ0n) is 13.6. The molecular formula is C17H17ClN4O3. The number of hydrogen-bond donors (Lipinski definition) is 3. The first-order valence-electron chi connectivity index (χ1n) is 7.78. The van der Waals surface area contributed by atoms with Gasteiger partial charge < -0.3 is 4.42 Å². The van der Waals surface area contributed by atoms with Crippen LogP contribution < -0.4 is 16.7 Å². The Morgan fingerprint density at radius 3 is 2.72 bits per heavy atom. The summed E-state index contributed by atoms with van der Waals surface area (Å²) >= 11 is 6.02. The molecule has 1 aromatic heterocycles. The molecule has 0 saturated heterocycles. The van der Waals surface area contributed by atoms with Crippen LogP contribution in [0.1, 0.15) is 50.6 Å². The molecule has 0 spiro atoms. The molecule has 1 aliphatic rings. The second-order valence-electron chi connectivity index (χ2n) is 5.66. The van der Waals surface area contributed by atoms with E-state index in [9.17, 15) is 9.59 Å². The quantitative estimate of drug-likeness (QED) is 0.443. The van der Waals surface area contributed by atoms with Crippen LogP contribution >= 0.6 is 11.6 Å². The summed E-state index contributed by atoms with van der Waals surface area (Å²) in [5.41, 5.74) is 7.01. The highest BCUT2D eigenvalue weighted by Crippen LogP contribution is 2.29. The Morgan fingerprint density at radius 1 is 1.24 bits per heavy atom. The third-order valence-corrected chi connectivity index (χ3v) is 4.40. The number of carbonyl (C=O) groups excluding carboxylic acids is 2. The predicted octanol–water partition coefficient (Wildman–Crippen LogP) is 2.32. The second kappa shape index (κ2) is 7.08. The van der Waals surface area contributed by atoms with Gasteiger partial charge in [0.25, 0.3) is 5.91 Å². The lowest BCUT2D eigenvalue weighted by Gasteiger charge is -2.13. The van der Waals surface area contributed by atoms with Crippen LogP contribution in [0, 0.1) is 6.92 Å². The number of rotatable bonds is 3. The maximum absolute atomic E-state index is 12.3. The highest BCUT2D eigenvalue weighted by atomic mass is 35.5. The number of nitrogens with one attached hydrogen (secondary N) is 2. The van der Waals surface area contributed by atoms with Crippen LogP contribution in [0.25, 0.3) is 0 Å². The molecule has 4 N–H and O–H groups in total. The predicted molar refractivity (Wildman–Crippen MR) is 93.5 cm³/mol. The normalized spacial score (nSPS) is 14.9. The minimum Gasteiger partial charge on any atom is -0.455 e. The van der Waals surface area contributed by atoms with Gasteiger partial charge in [-0.2, -0.15) is 5.10 Å². The average molecular weight is 361 g/mol. The average Bonchev–Trinajstić information content (AvgIpc) is 2.97. The molecule has 25 heavy (non-hydrogen) atoms. The number of hydrogen-bond acceptors (Lipinski definition) is 5. The molecular weight excluding hydrogens is 344 g/mol.